The fourth-order valence-corrected chi connectivity index (χ4v) is 2.44. The SMILES string of the molecule is Cn1nccc1C(O)c1cccc2c1OCCC2. The number of aromatic nitrogens is 2. The third-order valence-electron chi connectivity index (χ3n) is 3.40. The zero-order valence-electron chi connectivity index (χ0n) is 10.3. The molecule has 1 atom stereocenters. The lowest BCUT2D eigenvalue weighted by atomic mass is 9.98. The molecule has 0 saturated carbocycles. The molecule has 18 heavy (non-hydrogen) atoms. The Balaban J connectivity index is 2.04. The van der Waals surface area contributed by atoms with Crippen molar-refractivity contribution in [3.05, 3.63) is 47.3 Å². The molecule has 2 heterocycles. The number of rotatable bonds is 2. The molecule has 1 aromatic heterocycles. The Labute approximate surface area is 106 Å². The van der Waals surface area contributed by atoms with Crippen LogP contribution in [0.15, 0.2) is 30.5 Å². The van der Waals surface area contributed by atoms with Gasteiger partial charge in [0.1, 0.15) is 11.9 Å². The molecule has 1 aliphatic heterocycles. The van der Waals surface area contributed by atoms with E-state index in [-0.39, 0.29) is 0 Å². The monoisotopic (exact) mass is 244 g/mol. The predicted molar refractivity (Wildman–Crippen MR) is 67.5 cm³/mol. The van der Waals surface area contributed by atoms with E-state index < -0.39 is 6.10 Å². The first-order valence-corrected chi connectivity index (χ1v) is 6.18. The van der Waals surface area contributed by atoms with Gasteiger partial charge in [0.05, 0.1) is 12.3 Å². The smallest absolute Gasteiger partial charge is 0.128 e. The minimum atomic E-state index is -0.689. The number of hydrogen-bond donors (Lipinski definition) is 1. The van der Waals surface area contributed by atoms with Crippen LogP contribution < -0.4 is 4.74 Å². The summed E-state index contributed by atoms with van der Waals surface area (Å²) in [6.07, 6.45) is 3.06. The molecule has 0 saturated heterocycles. The van der Waals surface area contributed by atoms with Gasteiger partial charge in [-0.05, 0) is 24.5 Å². The van der Waals surface area contributed by atoms with E-state index >= 15 is 0 Å². The summed E-state index contributed by atoms with van der Waals surface area (Å²) in [6.45, 7) is 0.724. The molecule has 0 radical (unpaired) electrons. The molecule has 0 bridgehead atoms. The van der Waals surface area contributed by atoms with Crippen molar-refractivity contribution in [2.75, 3.05) is 6.61 Å². The Morgan fingerprint density at radius 3 is 3.06 bits per heavy atom. The van der Waals surface area contributed by atoms with Crippen molar-refractivity contribution in [2.45, 2.75) is 18.9 Å². The van der Waals surface area contributed by atoms with E-state index in [1.165, 1.54) is 5.56 Å². The standard InChI is InChI=1S/C14H16N2O2/c1-16-12(7-8-15-16)13(17)11-6-2-4-10-5-3-9-18-14(10)11/h2,4,6-8,13,17H,3,5,9H2,1H3. The first-order chi connectivity index (χ1) is 8.77. The normalized spacial score (nSPS) is 15.9. The highest BCUT2D eigenvalue weighted by atomic mass is 16.5. The lowest BCUT2D eigenvalue weighted by Crippen LogP contribution is -2.14. The minimum absolute atomic E-state index is 0.689. The van der Waals surface area contributed by atoms with Crippen LogP contribution in [0.2, 0.25) is 0 Å². The fourth-order valence-electron chi connectivity index (χ4n) is 2.44. The second kappa shape index (κ2) is 4.46. The van der Waals surface area contributed by atoms with Gasteiger partial charge in [0, 0.05) is 18.8 Å². The first-order valence-electron chi connectivity index (χ1n) is 6.18. The molecule has 4 nitrogen and oxygen atoms in total. The van der Waals surface area contributed by atoms with E-state index in [9.17, 15) is 5.11 Å². The van der Waals surface area contributed by atoms with Gasteiger partial charge >= 0.3 is 0 Å². The van der Waals surface area contributed by atoms with Crippen molar-refractivity contribution in [2.24, 2.45) is 7.05 Å². The van der Waals surface area contributed by atoms with Crippen LogP contribution in [0.5, 0.6) is 5.75 Å². The number of aliphatic hydroxyl groups excluding tert-OH is 1. The maximum atomic E-state index is 10.5. The van der Waals surface area contributed by atoms with Crippen molar-refractivity contribution < 1.29 is 9.84 Å². The van der Waals surface area contributed by atoms with E-state index in [1.807, 2.05) is 25.2 Å². The average Bonchev–Trinajstić information content (AvgIpc) is 2.83. The highest BCUT2D eigenvalue weighted by molar-refractivity contribution is 5.46. The van der Waals surface area contributed by atoms with Gasteiger partial charge in [-0.1, -0.05) is 18.2 Å². The summed E-state index contributed by atoms with van der Waals surface area (Å²) in [5.41, 5.74) is 2.79. The van der Waals surface area contributed by atoms with Gasteiger partial charge in [0.2, 0.25) is 0 Å². The zero-order chi connectivity index (χ0) is 12.5. The summed E-state index contributed by atoms with van der Waals surface area (Å²) in [4.78, 5) is 0. The zero-order valence-corrected chi connectivity index (χ0v) is 10.3. The van der Waals surface area contributed by atoms with Crippen LogP contribution in [-0.2, 0) is 13.5 Å². The lowest BCUT2D eigenvalue weighted by Gasteiger charge is -2.22. The number of aryl methyl sites for hydroxylation is 2. The van der Waals surface area contributed by atoms with Gasteiger partial charge in [-0.2, -0.15) is 5.10 Å². The van der Waals surface area contributed by atoms with Crippen LogP contribution in [0.3, 0.4) is 0 Å². The van der Waals surface area contributed by atoms with Crippen LogP contribution in [0.4, 0.5) is 0 Å². The number of benzene rings is 1. The van der Waals surface area contributed by atoms with E-state index in [4.69, 9.17) is 4.74 Å². The van der Waals surface area contributed by atoms with Crippen molar-refractivity contribution in [1.29, 1.82) is 0 Å². The summed E-state index contributed by atoms with van der Waals surface area (Å²) in [5, 5.41) is 14.6. The molecule has 1 aromatic carbocycles. The summed E-state index contributed by atoms with van der Waals surface area (Å²) < 4.78 is 7.41. The van der Waals surface area contributed by atoms with Gasteiger partial charge in [-0.15, -0.1) is 0 Å². The van der Waals surface area contributed by atoms with Crippen LogP contribution in [0.1, 0.15) is 29.3 Å². The van der Waals surface area contributed by atoms with Gasteiger partial charge < -0.3 is 9.84 Å². The lowest BCUT2D eigenvalue weighted by molar-refractivity contribution is 0.198. The number of aliphatic hydroxyl groups is 1. The molecule has 1 N–H and O–H groups in total. The molecule has 1 unspecified atom stereocenters. The minimum Gasteiger partial charge on any atom is -0.493 e. The van der Waals surface area contributed by atoms with Crippen molar-refractivity contribution in [3.8, 4) is 5.75 Å². The summed E-state index contributed by atoms with van der Waals surface area (Å²) in [5.74, 6) is 0.845. The predicted octanol–water partition coefficient (Wildman–Crippen LogP) is 1.83. The molecule has 3 rings (SSSR count). The molecular formula is C14H16N2O2. The third-order valence-corrected chi connectivity index (χ3v) is 3.40. The van der Waals surface area contributed by atoms with Gasteiger partial charge in [0.25, 0.3) is 0 Å². The Hall–Kier alpha value is -1.81. The first kappa shape index (κ1) is 11.3. The summed E-state index contributed by atoms with van der Waals surface area (Å²) >= 11 is 0. The van der Waals surface area contributed by atoms with Crippen molar-refractivity contribution in [3.63, 3.8) is 0 Å². The Morgan fingerprint density at radius 2 is 2.28 bits per heavy atom. The highest BCUT2D eigenvalue weighted by Crippen LogP contribution is 2.35. The fraction of sp³-hybridized carbons (Fsp3) is 0.357. The maximum absolute atomic E-state index is 10.5. The van der Waals surface area contributed by atoms with Crippen LogP contribution in [0, 0.1) is 0 Å². The number of ether oxygens (including phenoxy) is 1. The third kappa shape index (κ3) is 1.78. The average molecular weight is 244 g/mol. The molecule has 0 spiro atoms. The molecule has 0 aliphatic carbocycles. The highest BCUT2D eigenvalue weighted by Gasteiger charge is 2.22. The topological polar surface area (TPSA) is 47.3 Å². The quantitative estimate of drug-likeness (QED) is 0.876. The molecule has 1 aliphatic rings. The van der Waals surface area contributed by atoms with Gasteiger partial charge in [-0.25, -0.2) is 0 Å². The molecule has 94 valence electrons. The van der Waals surface area contributed by atoms with E-state index in [1.54, 1.807) is 10.9 Å². The van der Waals surface area contributed by atoms with Crippen molar-refractivity contribution >= 4 is 0 Å². The van der Waals surface area contributed by atoms with E-state index in [0.29, 0.717) is 0 Å². The summed E-state index contributed by atoms with van der Waals surface area (Å²) in [7, 11) is 1.83. The second-order valence-electron chi connectivity index (χ2n) is 4.57. The molecule has 2 aromatic rings. The van der Waals surface area contributed by atoms with Crippen LogP contribution >= 0.6 is 0 Å². The van der Waals surface area contributed by atoms with Crippen LogP contribution in [0.25, 0.3) is 0 Å². The Kier molecular flexibility index (Phi) is 2.80. The Morgan fingerprint density at radius 1 is 1.39 bits per heavy atom. The maximum Gasteiger partial charge on any atom is 0.128 e. The molecular weight excluding hydrogens is 228 g/mol. The molecule has 0 fully saturated rings. The number of para-hydroxylation sites is 1. The number of fused-ring (bicyclic) bond motifs is 1. The van der Waals surface area contributed by atoms with E-state index in [0.717, 1.165) is 36.5 Å². The van der Waals surface area contributed by atoms with Crippen LogP contribution in [-0.4, -0.2) is 21.5 Å². The number of hydrogen-bond acceptors (Lipinski definition) is 3. The second-order valence-corrected chi connectivity index (χ2v) is 4.57. The van der Waals surface area contributed by atoms with Gasteiger partial charge in [-0.3, -0.25) is 4.68 Å². The van der Waals surface area contributed by atoms with E-state index in [2.05, 4.69) is 11.2 Å². The van der Waals surface area contributed by atoms with Gasteiger partial charge in [0.15, 0.2) is 0 Å². The molecule has 4 heteroatoms. The summed E-state index contributed by atoms with van der Waals surface area (Å²) in [6, 6.07) is 7.78. The largest absolute Gasteiger partial charge is 0.493 e. The molecule has 0 amide bonds. The van der Waals surface area contributed by atoms with Crippen molar-refractivity contribution in [1.82, 2.24) is 9.78 Å². The number of nitrogens with zero attached hydrogens (tertiary/aromatic N) is 2. The Bertz CT molecular complexity index is 563.